The Morgan fingerprint density at radius 3 is 1.14 bits per heavy atom. The Morgan fingerprint density at radius 1 is 0.429 bits per heavy atom. The largest absolute Gasteiger partial charge is 0.348 e. The highest BCUT2D eigenvalue weighted by Gasteiger charge is 2.23. The fraction of sp³-hybridized carbons (Fsp3) is 0. The molecule has 0 unspecified atom stereocenters. The normalized spacial score (nSPS) is 10.3. The van der Waals surface area contributed by atoms with Crippen molar-refractivity contribution in [3.63, 3.8) is 0 Å². The number of nitrogens with zero attached hydrogens (tertiary/aromatic N) is 5. The molecular weight excluding hydrogens is 474 g/mol. The average molecular weight is 485 g/mol. The van der Waals surface area contributed by atoms with Crippen LogP contribution in [0.5, 0.6) is 0 Å². The number of hydrogen-bond donors (Lipinski definition) is 2. The maximum Gasteiger partial charge on any atom is 0.299 e. The van der Waals surface area contributed by atoms with E-state index in [2.05, 4.69) is 10.6 Å². The van der Waals surface area contributed by atoms with Crippen molar-refractivity contribution in [3.8, 4) is 0 Å². The van der Waals surface area contributed by atoms with Gasteiger partial charge in [0.2, 0.25) is 0 Å². The van der Waals surface area contributed by atoms with Crippen molar-refractivity contribution < 1.29 is 24.6 Å². The van der Waals surface area contributed by atoms with Gasteiger partial charge in [-0.2, -0.15) is 0 Å². The summed E-state index contributed by atoms with van der Waals surface area (Å²) in [4.78, 5) is 51.8. The number of rotatable bonds is 9. The molecular formula is C18H11N7O10. The van der Waals surface area contributed by atoms with Gasteiger partial charge in [0.25, 0.3) is 28.4 Å². The second kappa shape index (κ2) is 9.40. The monoisotopic (exact) mass is 485 g/mol. The van der Waals surface area contributed by atoms with Crippen LogP contribution in [0.25, 0.3) is 0 Å². The second-order valence-electron chi connectivity index (χ2n) is 6.67. The molecule has 0 spiro atoms. The maximum atomic E-state index is 11.4. The molecule has 0 aliphatic rings. The van der Waals surface area contributed by atoms with Gasteiger partial charge in [0.15, 0.2) is 0 Å². The summed E-state index contributed by atoms with van der Waals surface area (Å²) in [5, 5.41) is 61.2. The van der Waals surface area contributed by atoms with E-state index in [4.69, 9.17) is 0 Å². The third-order valence-electron chi connectivity index (χ3n) is 4.53. The van der Waals surface area contributed by atoms with E-state index in [-0.39, 0.29) is 22.7 Å². The summed E-state index contributed by atoms with van der Waals surface area (Å²) in [6, 6.07) is 8.62. The van der Waals surface area contributed by atoms with Crippen LogP contribution in [-0.4, -0.2) is 24.6 Å². The van der Waals surface area contributed by atoms with Gasteiger partial charge in [-0.05, 0) is 18.2 Å². The maximum absolute atomic E-state index is 11.4. The van der Waals surface area contributed by atoms with Gasteiger partial charge in [-0.25, -0.2) is 0 Å². The van der Waals surface area contributed by atoms with E-state index >= 15 is 0 Å². The fourth-order valence-electron chi connectivity index (χ4n) is 2.93. The fourth-order valence-corrected chi connectivity index (χ4v) is 2.93. The first-order valence-corrected chi connectivity index (χ1v) is 9.16. The lowest BCUT2D eigenvalue weighted by atomic mass is 10.1. The van der Waals surface area contributed by atoms with Crippen LogP contribution >= 0.6 is 0 Å². The molecule has 0 amide bonds. The predicted octanol–water partition coefficient (Wildman–Crippen LogP) is 4.71. The van der Waals surface area contributed by atoms with Gasteiger partial charge in [0, 0.05) is 24.3 Å². The summed E-state index contributed by atoms with van der Waals surface area (Å²) in [6.45, 7) is 0. The molecule has 2 N–H and O–H groups in total. The highest BCUT2D eigenvalue weighted by atomic mass is 16.6. The molecule has 0 heterocycles. The molecule has 0 aromatic heterocycles. The molecule has 3 aromatic carbocycles. The summed E-state index contributed by atoms with van der Waals surface area (Å²) in [5.74, 6) is 0. The zero-order valence-electron chi connectivity index (χ0n) is 17.0. The molecule has 0 bridgehead atoms. The van der Waals surface area contributed by atoms with Crippen LogP contribution in [0.15, 0.2) is 54.6 Å². The van der Waals surface area contributed by atoms with Gasteiger partial charge < -0.3 is 10.6 Å². The first-order chi connectivity index (χ1) is 16.5. The summed E-state index contributed by atoms with van der Waals surface area (Å²) >= 11 is 0. The number of anilines is 4. The predicted molar refractivity (Wildman–Crippen MR) is 119 cm³/mol. The number of hydrogen-bond acceptors (Lipinski definition) is 12. The number of nitrogens with one attached hydrogen (secondary N) is 2. The van der Waals surface area contributed by atoms with Crippen molar-refractivity contribution in [3.05, 3.63) is 105 Å². The van der Waals surface area contributed by atoms with Crippen LogP contribution in [0.1, 0.15) is 0 Å². The Kier molecular flexibility index (Phi) is 6.42. The number of benzene rings is 3. The molecule has 17 nitrogen and oxygen atoms in total. The molecule has 178 valence electrons. The van der Waals surface area contributed by atoms with Gasteiger partial charge >= 0.3 is 0 Å². The first-order valence-electron chi connectivity index (χ1n) is 9.16. The van der Waals surface area contributed by atoms with Crippen molar-refractivity contribution >= 4 is 51.2 Å². The standard InChI is InChI=1S/C18H11N7O10/c26-21(27)10-1-4-13(19-14-5-2-11(22(28)29)8-17(14)24(32)33)16(7-10)20-15-6-3-12(23(30)31)9-18(15)25(34)35/h1-9,19-20H. The Bertz CT molecular complexity index is 1410. The summed E-state index contributed by atoms with van der Waals surface area (Å²) in [5.41, 5.74) is -3.60. The molecule has 0 radical (unpaired) electrons. The highest BCUT2D eigenvalue weighted by Crippen LogP contribution is 2.38. The quantitative estimate of drug-likeness (QED) is 0.309. The Morgan fingerprint density at radius 2 is 0.771 bits per heavy atom. The molecule has 0 saturated carbocycles. The molecule has 0 fully saturated rings. The van der Waals surface area contributed by atoms with Crippen molar-refractivity contribution in [2.75, 3.05) is 10.6 Å². The molecule has 17 heteroatoms. The third kappa shape index (κ3) is 5.19. The van der Waals surface area contributed by atoms with Crippen molar-refractivity contribution in [2.45, 2.75) is 0 Å². The smallest absolute Gasteiger partial charge is 0.299 e. The lowest BCUT2D eigenvalue weighted by Crippen LogP contribution is -2.03. The number of nitro groups is 5. The van der Waals surface area contributed by atoms with Crippen LogP contribution in [0, 0.1) is 50.6 Å². The lowest BCUT2D eigenvalue weighted by molar-refractivity contribution is -0.393. The van der Waals surface area contributed by atoms with E-state index in [9.17, 15) is 50.6 Å². The van der Waals surface area contributed by atoms with Gasteiger partial charge in [0.1, 0.15) is 11.4 Å². The summed E-state index contributed by atoms with van der Waals surface area (Å²) in [6.07, 6.45) is 0. The number of nitro benzene ring substituents is 5. The molecule has 0 aliphatic heterocycles. The Labute approximate surface area is 192 Å². The van der Waals surface area contributed by atoms with Crippen molar-refractivity contribution in [1.82, 2.24) is 0 Å². The van der Waals surface area contributed by atoms with Gasteiger partial charge in [-0.1, -0.05) is 0 Å². The SMILES string of the molecule is O=[N+]([O-])c1ccc(Nc2ccc([N+](=O)[O-])cc2[N+](=O)[O-])c(Nc2ccc([N+](=O)[O-])cc2[N+](=O)[O-])c1. The molecule has 0 saturated heterocycles. The highest BCUT2D eigenvalue weighted by molar-refractivity contribution is 5.85. The van der Waals surface area contributed by atoms with E-state index < -0.39 is 53.1 Å². The molecule has 0 atom stereocenters. The zero-order valence-corrected chi connectivity index (χ0v) is 17.0. The second-order valence-corrected chi connectivity index (χ2v) is 6.67. The Hall–Kier alpha value is -5.74. The van der Waals surface area contributed by atoms with E-state index in [0.717, 1.165) is 42.5 Å². The van der Waals surface area contributed by atoms with Crippen LogP contribution < -0.4 is 10.6 Å². The van der Waals surface area contributed by atoms with E-state index in [0.29, 0.717) is 12.1 Å². The van der Waals surface area contributed by atoms with Gasteiger partial charge in [0.05, 0.1) is 48.1 Å². The topological polar surface area (TPSA) is 240 Å². The van der Waals surface area contributed by atoms with Crippen LogP contribution in [0.3, 0.4) is 0 Å². The summed E-state index contributed by atoms with van der Waals surface area (Å²) < 4.78 is 0. The number of non-ortho nitro benzene ring substituents is 3. The average Bonchev–Trinajstić information content (AvgIpc) is 2.79. The minimum absolute atomic E-state index is 0.0276. The first kappa shape index (κ1) is 23.9. The van der Waals surface area contributed by atoms with Crippen molar-refractivity contribution in [2.24, 2.45) is 0 Å². The minimum atomic E-state index is -0.902. The van der Waals surface area contributed by atoms with E-state index in [1.165, 1.54) is 0 Å². The molecule has 3 aromatic rings. The van der Waals surface area contributed by atoms with Gasteiger partial charge in [-0.15, -0.1) is 0 Å². The minimum Gasteiger partial charge on any atom is -0.348 e. The van der Waals surface area contributed by atoms with Crippen LogP contribution in [0.2, 0.25) is 0 Å². The van der Waals surface area contributed by atoms with E-state index in [1.807, 2.05) is 0 Å². The van der Waals surface area contributed by atoms with Crippen molar-refractivity contribution in [1.29, 1.82) is 0 Å². The lowest BCUT2D eigenvalue weighted by Gasteiger charge is -2.14. The molecule has 0 aliphatic carbocycles. The molecule has 3 rings (SSSR count). The van der Waals surface area contributed by atoms with Crippen LogP contribution in [-0.2, 0) is 0 Å². The van der Waals surface area contributed by atoms with Gasteiger partial charge in [-0.3, -0.25) is 50.6 Å². The Balaban J connectivity index is 2.11. The third-order valence-corrected chi connectivity index (χ3v) is 4.53. The molecule has 35 heavy (non-hydrogen) atoms. The summed E-state index contributed by atoms with van der Waals surface area (Å²) in [7, 11) is 0. The zero-order chi connectivity index (χ0) is 25.9. The van der Waals surface area contributed by atoms with E-state index in [1.54, 1.807) is 0 Å². The van der Waals surface area contributed by atoms with Crippen LogP contribution in [0.4, 0.5) is 51.2 Å².